The fourth-order valence-electron chi connectivity index (χ4n) is 1.40. The number of aliphatic hydroxyl groups excluding tert-OH is 1. The van der Waals surface area contributed by atoms with Gasteiger partial charge in [0.1, 0.15) is 6.61 Å². The second-order valence-corrected chi connectivity index (χ2v) is 3.86. The number of hydrogen-bond acceptors (Lipinski definition) is 2. The highest BCUT2D eigenvalue weighted by atomic mass is 16.5. The van der Waals surface area contributed by atoms with Crippen molar-refractivity contribution in [1.29, 1.82) is 0 Å². The molecule has 0 heterocycles. The van der Waals surface area contributed by atoms with Crippen molar-refractivity contribution in [2.45, 2.75) is 26.4 Å². The minimum absolute atomic E-state index is 0.250. The number of aliphatic hydroxyl groups is 1. The van der Waals surface area contributed by atoms with E-state index in [0.29, 0.717) is 12.5 Å². The van der Waals surface area contributed by atoms with Crippen molar-refractivity contribution in [2.24, 2.45) is 5.92 Å². The van der Waals surface area contributed by atoms with Crippen molar-refractivity contribution in [3.05, 3.63) is 48.2 Å². The lowest BCUT2D eigenvalue weighted by Crippen LogP contribution is -2.02. The van der Waals surface area contributed by atoms with E-state index in [9.17, 15) is 0 Å². The molecule has 0 aromatic heterocycles. The Labute approximate surface area is 97.6 Å². The zero-order valence-electron chi connectivity index (χ0n) is 9.80. The standard InChI is InChI=1S/C14H20O2/c1-2-13(11-15)9-6-10-16-12-14-7-4-3-5-8-14/h3-8,10,13,15H,2,9,11-12H2,1H3/b10-6+/t13-/m1/s1. The van der Waals surface area contributed by atoms with E-state index in [2.05, 4.69) is 6.92 Å². The molecule has 1 atom stereocenters. The summed E-state index contributed by atoms with van der Waals surface area (Å²) < 4.78 is 5.40. The highest BCUT2D eigenvalue weighted by molar-refractivity contribution is 5.13. The van der Waals surface area contributed by atoms with Gasteiger partial charge in [-0.25, -0.2) is 0 Å². The van der Waals surface area contributed by atoms with Gasteiger partial charge in [0.05, 0.1) is 6.26 Å². The third-order valence-electron chi connectivity index (χ3n) is 2.59. The SMILES string of the molecule is CC[C@@H](CO)C/C=C/OCc1ccccc1. The van der Waals surface area contributed by atoms with Crippen molar-refractivity contribution in [3.63, 3.8) is 0 Å². The van der Waals surface area contributed by atoms with Gasteiger partial charge in [-0.3, -0.25) is 0 Å². The molecule has 0 saturated carbocycles. The quantitative estimate of drug-likeness (QED) is 0.715. The van der Waals surface area contributed by atoms with Crippen LogP contribution in [0, 0.1) is 5.92 Å². The first-order valence-corrected chi connectivity index (χ1v) is 5.78. The first kappa shape index (κ1) is 12.8. The summed E-state index contributed by atoms with van der Waals surface area (Å²) in [5.74, 6) is 0.358. The molecule has 1 aromatic carbocycles. The molecule has 88 valence electrons. The van der Waals surface area contributed by atoms with Crippen LogP contribution in [0.4, 0.5) is 0 Å². The van der Waals surface area contributed by atoms with E-state index >= 15 is 0 Å². The van der Waals surface area contributed by atoms with Gasteiger partial charge in [0.15, 0.2) is 0 Å². The zero-order valence-corrected chi connectivity index (χ0v) is 9.80. The van der Waals surface area contributed by atoms with Gasteiger partial charge in [-0.15, -0.1) is 0 Å². The minimum Gasteiger partial charge on any atom is -0.497 e. The summed E-state index contributed by atoms with van der Waals surface area (Å²) in [5, 5.41) is 8.99. The molecular formula is C14H20O2. The molecular weight excluding hydrogens is 200 g/mol. The average Bonchev–Trinajstić information content (AvgIpc) is 2.35. The van der Waals surface area contributed by atoms with Crippen molar-refractivity contribution in [1.82, 2.24) is 0 Å². The van der Waals surface area contributed by atoms with Crippen LogP contribution in [-0.2, 0) is 11.3 Å². The first-order chi connectivity index (χ1) is 7.86. The summed E-state index contributed by atoms with van der Waals surface area (Å²) in [6.07, 6.45) is 5.58. The summed E-state index contributed by atoms with van der Waals surface area (Å²) in [5.41, 5.74) is 1.17. The van der Waals surface area contributed by atoms with Gasteiger partial charge in [-0.1, -0.05) is 43.7 Å². The lowest BCUT2D eigenvalue weighted by molar-refractivity contribution is 0.217. The third kappa shape index (κ3) is 4.99. The molecule has 0 fully saturated rings. The van der Waals surface area contributed by atoms with E-state index in [1.54, 1.807) is 6.26 Å². The number of allylic oxidation sites excluding steroid dienone is 1. The Hall–Kier alpha value is -1.28. The van der Waals surface area contributed by atoms with Gasteiger partial charge < -0.3 is 9.84 Å². The fourth-order valence-corrected chi connectivity index (χ4v) is 1.40. The number of benzene rings is 1. The predicted octanol–water partition coefficient (Wildman–Crippen LogP) is 3.13. The molecule has 0 aliphatic carbocycles. The molecule has 16 heavy (non-hydrogen) atoms. The van der Waals surface area contributed by atoms with E-state index in [-0.39, 0.29) is 6.61 Å². The second-order valence-electron chi connectivity index (χ2n) is 3.86. The molecule has 1 aromatic rings. The van der Waals surface area contributed by atoms with Crippen LogP contribution < -0.4 is 0 Å². The van der Waals surface area contributed by atoms with Crippen molar-refractivity contribution in [2.75, 3.05) is 6.61 Å². The fraction of sp³-hybridized carbons (Fsp3) is 0.429. The summed E-state index contributed by atoms with van der Waals surface area (Å²) in [7, 11) is 0. The Balaban J connectivity index is 2.18. The monoisotopic (exact) mass is 220 g/mol. The molecule has 0 unspecified atom stereocenters. The van der Waals surface area contributed by atoms with Crippen LogP contribution in [0.2, 0.25) is 0 Å². The largest absolute Gasteiger partial charge is 0.497 e. The van der Waals surface area contributed by atoms with E-state index in [1.807, 2.05) is 36.4 Å². The highest BCUT2D eigenvalue weighted by Gasteiger charge is 2.00. The topological polar surface area (TPSA) is 29.5 Å². The highest BCUT2D eigenvalue weighted by Crippen LogP contribution is 2.08. The Morgan fingerprint density at radius 3 is 2.69 bits per heavy atom. The molecule has 1 rings (SSSR count). The van der Waals surface area contributed by atoms with Crippen molar-refractivity contribution in [3.8, 4) is 0 Å². The van der Waals surface area contributed by atoms with Gasteiger partial charge in [0.25, 0.3) is 0 Å². The molecule has 2 nitrogen and oxygen atoms in total. The van der Waals surface area contributed by atoms with Crippen molar-refractivity contribution < 1.29 is 9.84 Å². The lowest BCUT2D eigenvalue weighted by atomic mass is 10.0. The first-order valence-electron chi connectivity index (χ1n) is 5.78. The third-order valence-corrected chi connectivity index (χ3v) is 2.59. The Morgan fingerprint density at radius 2 is 2.06 bits per heavy atom. The van der Waals surface area contributed by atoms with Crippen LogP contribution in [-0.4, -0.2) is 11.7 Å². The Kier molecular flexibility index (Phi) is 6.35. The predicted molar refractivity (Wildman–Crippen MR) is 65.9 cm³/mol. The number of rotatable bonds is 7. The second kappa shape index (κ2) is 7.94. The summed E-state index contributed by atoms with van der Waals surface area (Å²) >= 11 is 0. The minimum atomic E-state index is 0.250. The van der Waals surface area contributed by atoms with E-state index in [1.165, 1.54) is 5.56 Å². The van der Waals surface area contributed by atoms with Crippen LogP contribution in [0.5, 0.6) is 0 Å². The van der Waals surface area contributed by atoms with E-state index in [4.69, 9.17) is 9.84 Å². The maximum atomic E-state index is 8.99. The van der Waals surface area contributed by atoms with Crippen LogP contribution in [0.1, 0.15) is 25.3 Å². The van der Waals surface area contributed by atoms with Gasteiger partial charge in [-0.2, -0.15) is 0 Å². The average molecular weight is 220 g/mol. The van der Waals surface area contributed by atoms with Crippen LogP contribution in [0.3, 0.4) is 0 Å². The molecule has 1 N–H and O–H groups in total. The van der Waals surface area contributed by atoms with Gasteiger partial charge in [0.2, 0.25) is 0 Å². The number of hydrogen-bond donors (Lipinski definition) is 1. The molecule has 0 amide bonds. The molecule has 2 heteroatoms. The van der Waals surface area contributed by atoms with E-state index < -0.39 is 0 Å². The summed E-state index contributed by atoms with van der Waals surface area (Å²) in [6.45, 7) is 2.94. The zero-order chi connectivity index (χ0) is 11.6. The summed E-state index contributed by atoms with van der Waals surface area (Å²) in [4.78, 5) is 0. The molecule has 0 bridgehead atoms. The Morgan fingerprint density at radius 1 is 1.31 bits per heavy atom. The summed E-state index contributed by atoms with van der Waals surface area (Å²) in [6, 6.07) is 10.1. The smallest absolute Gasteiger partial charge is 0.112 e. The molecule has 0 aliphatic rings. The van der Waals surface area contributed by atoms with Crippen LogP contribution in [0.15, 0.2) is 42.7 Å². The lowest BCUT2D eigenvalue weighted by Gasteiger charge is -2.07. The molecule has 0 aliphatic heterocycles. The van der Waals surface area contributed by atoms with Gasteiger partial charge in [-0.05, 0) is 24.0 Å². The number of ether oxygens (including phenoxy) is 1. The van der Waals surface area contributed by atoms with Gasteiger partial charge in [0, 0.05) is 6.61 Å². The van der Waals surface area contributed by atoms with Crippen molar-refractivity contribution >= 4 is 0 Å². The van der Waals surface area contributed by atoms with Crippen LogP contribution in [0.25, 0.3) is 0 Å². The molecule has 0 radical (unpaired) electrons. The molecule has 0 saturated heterocycles. The normalized spacial score (nSPS) is 12.9. The van der Waals surface area contributed by atoms with Gasteiger partial charge >= 0.3 is 0 Å². The van der Waals surface area contributed by atoms with Crippen LogP contribution >= 0.6 is 0 Å². The Bertz CT molecular complexity index is 289. The van der Waals surface area contributed by atoms with E-state index in [0.717, 1.165) is 12.8 Å². The maximum absolute atomic E-state index is 8.99. The molecule has 0 spiro atoms. The maximum Gasteiger partial charge on any atom is 0.112 e.